The highest BCUT2D eigenvalue weighted by molar-refractivity contribution is 7.99. The number of nitrogens with two attached hydrogens (primary N) is 1. The van der Waals surface area contributed by atoms with Gasteiger partial charge in [-0.1, -0.05) is 0 Å². The van der Waals surface area contributed by atoms with Gasteiger partial charge in [-0.2, -0.15) is 11.8 Å². The summed E-state index contributed by atoms with van der Waals surface area (Å²) in [5.41, 5.74) is 5.36. The highest BCUT2D eigenvalue weighted by Crippen LogP contribution is 2.17. The van der Waals surface area contributed by atoms with Crippen LogP contribution in [-0.4, -0.2) is 41.3 Å². The van der Waals surface area contributed by atoms with Crippen molar-refractivity contribution in [2.45, 2.75) is 31.4 Å². The zero-order valence-corrected chi connectivity index (χ0v) is 8.96. The fourth-order valence-corrected chi connectivity index (χ4v) is 2.36. The lowest BCUT2D eigenvalue weighted by Crippen LogP contribution is -2.32. The molecule has 0 amide bonds. The van der Waals surface area contributed by atoms with Gasteiger partial charge in [0.15, 0.2) is 0 Å². The number of aliphatic carboxylic acids is 1. The minimum absolute atomic E-state index is 0.392. The van der Waals surface area contributed by atoms with E-state index in [2.05, 4.69) is 0 Å². The molecule has 0 aromatic carbocycles. The Labute approximate surface area is 88.2 Å². The molecule has 1 rings (SSSR count). The summed E-state index contributed by atoms with van der Waals surface area (Å²) >= 11 is 1.59. The second kappa shape index (κ2) is 6.27. The van der Waals surface area contributed by atoms with Crippen LogP contribution < -0.4 is 5.73 Å². The van der Waals surface area contributed by atoms with Gasteiger partial charge in [0.1, 0.15) is 6.04 Å². The Bertz CT molecular complexity index is 183. The highest BCUT2D eigenvalue weighted by atomic mass is 32.2. The zero-order valence-electron chi connectivity index (χ0n) is 8.15. The summed E-state index contributed by atoms with van der Waals surface area (Å²) in [4.78, 5) is 10.4. The van der Waals surface area contributed by atoms with Crippen molar-refractivity contribution in [3.8, 4) is 0 Å². The zero-order chi connectivity index (χ0) is 10.4. The Hall–Kier alpha value is -0.260. The van der Waals surface area contributed by atoms with Gasteiger partial charge >= 0.3 is 5.97 Å². The van der Waals surface area contributed by atoms with Gasteiger partial charge in [-0.25, -0.2) is 0 Å². The van der Waals surface area contributed by atoms with Gasteiger partial charge in [-0.05, 0) is 25.0 Å². The average Bonchev–Trinajstić information content (AvgIpc) is 2.64. The molecule has 1 saturated heterocycles. The van der Waals surface area contributed by atoms with Crippen molar-refractivity contribution in [2.75, 3.05) is 18.1 Å². The summed E-state index contributed by atoms with van der Waals surface area (Å²) in [5, 5.41) is 8.53. The average molecular weight is 219 g/mol. The molecule has 0 bridgehead atoms. The maximum Gasteiger partial charge on any atom is 0.321 e. The molecular formula is C9H17NO3S. The Morgan fingerprint density at radius 3 is 3.07 bits per heavy atom. The lowest BCUT2D eigenvalue weighted by Gasteiger charge is -2.09. The van der Waals surface area contributed by atoms with E-state index in [0.717, 1.165) is 31.6 Å². The van der Waals surface area contributed by atoms with Crippen LogP contribution in [0.3, 0.4) is 0 Å². The van der Waals surface area contributed by atoms with Crippen LogP contribution in [0.1, 0.15) is 19.3 Å². The first kappa shape index (κ1) is 11.8. The number of hydrogen-bond donors (Lipinski definition) is 2. The lowest BCUT2D eigenvalue weighted by atomic mass is 10.2. The van der Waals surface area contributed by atoms with Crippen LogP contribution in [0.2, 0.25) is 0 Å². The summed E-state index contributed by atoms with van der Waals surface area (Å²) in [5.74, 6) is 0.503. The largest absolute Gasteiger partial charge is 0.480 e. The van der Waals surface area contributed by atoms with Gasteiger partial charge < -0.3 is 15.6 Å². The Kier molecular flexibility index (Phi) is 5.29. The second-order valence-electron chi connectivity index (χ2n) is 3.44. The third-order valence-electron chi connectivity index (χ3n) is 2.22. The maximum atomic E-state index is 10.4. The monoisotopic (exact) mass is 219 g/mol. The van der Waals surface area contributed by atoms with Gasteiger partial charge in [0.2, 0.25) is 0 Å². The molecule has 0 saturated carbocycles. The number of carbonyl (C=O) groups is 1. The molecule has 4 nitrogen and oxygen atoms in total. The van der Waals surface area contributed by atoms with Crippen LogP contribution in [0.25, 0.3) is 0 Å². The molecule has 0 spiro atoms. The molecule has 5 heteroatoms. The maximum absolute atomic E-state index is 10.4. The molecule has 3 N–H and O–H groups in total. The van der Waals surface area contributed by atoms with Crippen molar-refractivity contribution >= 4 is 17.7 Å². The van der Waals surface area contributed by atoms with Gasteiger partial charge in [-0.3, -0.25) is 4.79 Å². The number of rotatable bonds is 6. The fourth-order valence-electron chi connectivity index (χ4n) is 1.37. The van der Waals surface area contributed by atoms with E-state index in [-0.39, 0.29) is 0 Å². The van der Waals surface area contributed by atoms with Gasteiger partial charge in [0.25, 0.3) is 0 Å². The summed E-state index contributed by atoms with van der Waals surface area (Å²) < 4.78 is 5.45. The molecule has 82 valence electrons. The number of ether oxygens (including phenoxy) is 1. The summed E-state index contributed by atoms with van der Waals surface area (Å²) in [7, 11) is 0. The van der Waals surface area contributed by atoms with E-state index in [1.54, 1.807) is 11.8 Å². The van der Waals surface area contributed by atoms with Crippen LogP contribution in [0.4, 0.5) is 0 Å². The molecule has 1 aliphatic heterocycles. The van der Waals surface area contributed by atoms with E-state index in [0.29, 0.717) is 11.9 Å². The number of thioether (sulfide) groups is 1. The summed E-state index contributed by atoms with van der Waals surface area (Å²) in [6.07, 6.45) is 3.70. The third-order valence-corrected chi connectivity index (χ3v) is 3.34. The van der Waals surface area contributed by atoms with Crippen LogP contribution in [0.5, 0.6) is 0 Å². The molecule has 1 heterocycles. The summed E-state index contributed by atoms with van der Waals surface area (Å²) in [6.45, 7) is 0.879. The molecule has 14 heavy (non-hydrogen) atoms. The molecule has 0 aromatic rings. The van der Waals surface area contributed by atoms with Crippen molar-refractivity contribution in [1.29, 1.82) is 0 Å². The van der Waals surface area contributed by atoms with E-state index in [4.69, 9.17) is 15.6 Å². The predicted molar refractivity (Wildman–Crippen MR) is 56.5 cm³/mol. The standard InChI is InChI=1S/C9H17NO3S/c10-8(9(11)12)6-14-5-3-7-2-1-4-13-7/h7-8H,1-6,10H2,(H,11,12). The van der Waals surface area contributed by atoms with Crippen molar-refractivity contribution in [3.63, 3.8) is 0 Å². The van der Waals surface area contributed by atoms with Crippen LogP contribution in [0.15, 0.2) is 0 Å². The SMILES string of the molecule is NC(CSCCC1CCCO1)C(=O)O. The molecule has 2 atom stereocenters. The van der Waals surface area contributed by atoms with Crippen LogP contribution >= 0.6 is 11.8 Å². The van der Waals surface area contributed by atoms with E-state index in [9.17, 15) is 4.79 Å². The first-order chi connectivity index (χ1) is 6.70. The van der Waals surface area contributed by atoms with Crippen molar-refractivity contribution in [3.05, 3.63) is 0 Å². The molecule has 0 radical (unpaired) electrons. The highest BCUT2D eigenvalue weighted by Gasteiger charge is 2.16. The second-order valence-corrected chi connectivity index (χ2v) is 4.59. The predicted octanol–water partition coefficient (Wildman–Crippen LogP) is 0.701. The number of hydrogen-bond acceptors (Lipinski definition) is 4. The van der Waals surface area contributed by atoms with Gasteiger partial charge in [-0.15, -0.1) is 0 Å². The van der Waals surface area contributed by atoms with E-state index >= 15 is 0 Å². The topological polar surface area (TPSA) is 72.5 Å². The molecule has 0 aromatic heterocycles. The molecular weight excluding hydrogens is 202 g/mol. The quantitative estimate of drug-likeness (QED) is 0.643. The van der Waals surface area contributed by atoms with Crippen molar-refractivity contribution in [1.82, 2.24) is 0 Å². The fraction of sp³-hybridized carbons (Fsp3) is 0.889. The Morgan fingerprint density at radius 2 is 2.50 bits per heavy atom. The van der Waals surface area contributed by atoms with E-state index in [1.807, 2.05) is 0 Å². The Morgan fingerprint density at radius 1 is 1.71 bits per heavy atom. The van der Waals surface area contributed by atoms with Crippen molar-refractivity contribution < 1.29 is 14.6 Å². The summed E-state index contributed by atoms with van der Waals surface area (Å²) in [6, 6.07) is -0.732. The minimum atomic E-state index is -0.922. The van der Waals surface area contributed by atoms with Crippen molar-refractivity contribution in [2.24, 2.45) is 5.73 Å². The van der Waals surface area contributed by atoms with Gasteiger partial charge in [0.05, 0.1) is 6.10 Å². The van der Waals surface area contributed by atoms with Gasteiger partial charge in [0, 0.05) is 12.4 Å². The van der Waals surface area contributed by atoms with E-state index < -0.39 is 12.0 Å². The van der Waals surface area contributed by atoms with E-state index in [1.165, 1.54) is 0 Å². The number of carboxylic acid groups (broad SMARTS) is 1. The van der Waals surface area contributed by atoms with Crippen LogP contribution in [0, 0.1) is 0 Å². The first-order valence-electron chi connectivity index (χ1n) is 4.88. The Balaban J connectivity index is 1.95. The minimum Gasteiger partial charge on any atom is -0.480 e. The smallest absolute Gasteiger partial charge is 0.321 e. The normalized spacial score (nSPS) is 23.6. The number of carboxylic acids is 1. The van der Waals surface area contributed by atoms with Crippen LogP contribution in [-0.2, 0) is 9.53 Å². The molecule has 0 aliphatic carbocycles. The molecule has 1 fully saturated rings. The third kappa shape index (κ3) is 4.30. The molecule has 2 unspecified atom stereocenters. The molecule has 1 aliphatic rings. The lowest BCUT2D eigenvalue weighted by molar-refractivity contribution is -0.137. The first-order valence-corrected chi connectivity index (χ1v) is 6.03.